The summed E-state index contributed by atoms with van der Waals surface area (Å²) in [6.07, 6.45) is 1.86. The molecule has 0 aliphatic carbocycles. The second-order valence-electron chi connectivity index (χ2n) is 6.06. The van der Waals surface area contributed by atoms with Crippen LogP contribution < -0.4 is 4.74 Å². The molecule has 2 aromatic heterocycles. The van der Waals surface area contributed by atoms with Gasteiger partial charge in [-0.15, -0.1) is 0 Å². The van der Waals surface area contributed by atoms with Gasteiger partial charge in [-0.25, -0.2) is 0 Å². The Morgan fingerprint density at radius 1 is 1.24 bits per heavy atom. The summed E-state index contributed by atoms with van der Waals surface area (Å²) in [7, 11) is 1.86. The smallest absolute Gasteiger partial charge is 0.270 e. The predicted molar refractivity (Wildman–Crippen MR) is 89.1 cm³/mol. The molecule has 1 aliphatic rings. The van der Waals surface area contributed by atoms with E-state index in [-0.39, 0.29) is 18.4 Å². The first kappa shape index (κ1) is 15.4. The number of likely N-dealkylation sites (tertiary alicyclic amines) is 1. The van der Waals surface area contributed by atoms with Crippen LogP contribution in [0.5, 0.6) is 5.75 Å². The quantitative estimate of drug-likeness (QED) is 0.713. The summed E-state index contributed by atoms with van der Waals surface area (Å²) < 4.78 is 12.7. The van der Waals surface area contributed by atoms with Crippen LogP contribution in [0.1, 0.15) is 28.1 Å². The van der Waals surface area contributed by atoms with Gasteiger partial charge in [0.15, 0.2) is 12.4 Å². The standard InChI is InChI=1S/C18H18N4O3/c1-21-9-5-8-15(21)18(23)22-10-13(11-22)17-19-16(25-20-17)12-24-14-6-3-2-4-7-14/h2-9,13H,10-12H2,1H3. The second kappa shape index (κ2) is 6.43. The molecule has 0 spiro atoms. The molecule has 0 radical (unpaired) electrons. The van der Waals surface area contributed by atoms with Crippen molar-refractivity contribution in [3.05, 3.63) is 66.1 Å². The van der Waals surface area contributed by atoms with E-state index < -0.39 is 0 Å². The Bertz CT molecular complexity index is 865. The third-order valence-corrected chi connectivity index (χ3v) is 4.29. The Morgan fingerprint density at radius 2 is 2.04 bits per heavy atom. The molecule has 0 saturated carbocycles. The number of carbonyl (C=O) groups excluding carboxylic acids is 1. The van der Waals surface area contributed by atoms with Crippen LogP contribution in [-0.2, 0) is 13.7 Å². The molecule has 0 unspecified atom stereocenters. The Balaban J connectivity index is 1.32. The SMILES string of the molecule is Cn1cccc1C(=O)N1CC(c2noc(COc3ccccc3)n2)C1. The van der Waals surface area contributed by atoms with Crippen LogP contribution in [0, 0.1) is 0 Å². The van der Waals surface area contributed by atoms with Crippen LogP contribution in [0.15, 0.2) is 53.2 Å². The van der Waals surface area contributed by atoms with Gasteiger partial charge in [-0.3, -0.25) is 4.79 Å². The summed E-state index contributed by atoms with van der Waals surface area (Å²) in [5, 5.41) is 4.02. The molecule has 128 valence electrons. The highest BCUT2D eigenvalue weighted by atomic mass is 16.5. The third-order valence-electron chi connectivity index (χ3n) is 4.29. The molecule has 1 aromatic carbocycles. The number of para-hydroxylation sites is 1. The maximum absolute atomic E-state index is 12.4. The minimum Gasteiger partial charge on any atom is -0.484 e. The molecule has 4 rings (SSSR count). The van der Waals surface area contributed by atoms with Crippen LogP contribution in [-0.4, -0.2) is 38.6 Å². The van der Waals surface area contributed by atoms with Gasteiger partial charge in [0.2, 0.25) is 0 Å². The molecule has 0 bridgehead atoms. The van der Waals surface area contributed by atoms with Crippen LogP contribution >= 0.6 is 0 Å². The average Bonchev–Trinajstić information content (AvgIpc) is 3.21. The van der Waals surface area contributed by atoms with Gasteiger partial charge in [0, 0.05) is 26.3 Å². The number of hydrogen-bond donors (Lipinski definition) is 0. The molecular weight excluding hydrogens is 320 g/mol. The molecule has 3 heterocycles. The summed E-state index contributed by atoms with van der Waals surface area (Å²) >= 11 is 0. The van der Waals surface area contributed by atoms with Crippen molar-refractivity contribution < 1.29 is 14.1 Å². The van der Waals surface area contributed by atoms with Gasteiger partial charge in [0.1, 0.15) is 11.4 Å². The lowest BCUT2D eigenvalue weighted by Crippen LogP contribution is -2.49. The number of nitrogens with zero attached hydrogens (tertiary/aromatic N) is 4. The van der Waals surface area contributed by atoms with E-state index in [4.69, 9.17) is 9.26 Å². The average molecular weight is 338 g/mol. The highest BCUT2D eigenvalue weighted by molar-refractivity contribution is 5.93. The largest absolute Gasteiger partial charge is 0.484 e. The third kappa shape index (κ3) is 3.13. The van der Waals surface area contributed by atoms with Crippen molar-refractivity contribution in [2.75, 3.05) is 13.1 Å². The molecule has 3 aromatic rings. The number of amides is 1. The van der Waals surface area contributed by atoms with Crippen molar-refractivity contribution in [1.82, 2.24) is 19.6 Å². The molecule has 0 atom stereocenters. The van der Waals surface area contributed by atoms with E-state index in [0.717, 1.165) is 5.75 Å². The first-order valence-electron chi connectivity index (χ1n) is 8.11. The van der Waals surface area contributed by atoms with Crippen LogP contribution in [0.2, 0.25) is 0 Å². The molecule has 25 heavy (non-hydrogen) atoms. The monoisotopic (exact) mass is 338 g/mol. The van der Waals surface area contributed by atoms with Crippen molar-refractivity contribution in [1.29, 1.82) is 0 Å². The van der Waals surface area contributed by atoms with Crippen molar-refractivity contribution in [2.45, 2.75) is 12.5 Å². The molecule has 1 aliphatic heterocycles. The van der Waals surface area contributed by atoms with Crippen molar-refractivity contribution in [2.24, 2.45) is 7.05 Å². The van der Waals surface area contributed by atoms with E-state index in [2.05, 4.69) is 10.1 Å². The topological polar surface area (TPSA) is 73.4 Å². The van der Waals surface area contributed by atoms with E-state index in [1.807, 2.05) is 60.3 Å². The highest BCUT2D eigenvalue weighted by Crippen LogP contribution is 2.26. The summed E-state index contributed by atoms with van der Waals surface area (Å²) in [4.78, 5) is 18.5. The van der Waals surface area contributed by atoms with Gasteiger partial charge in [0.05, 0.1) is 5.92 Å². The Morgan fingerprint density at radius 3 is 2.76 bits per heavy atom. The zero-order valence-electron chi connectivity index (χ0n) is 13.8. The minimum atomic E-state index is 0.0277. The van der Waals surface area contributed by atoms with E-state index >= 15 is 0 Å². The van der Waals surface area contributed by atoms with E-state index in [0.29, 0.717) is 30.5 Å². The Hall–Kier alpha value is -3.09. The van der Waals surface area contributed by atoms with Crippen LogP contribution in [0.3, 0.4) is 0 Å². The van der Waals surface area contributed by atoms with E-state index in [1.165, 1.54) is 0 Å². The summed E-state index contributed by atoms with van der Waals surface area (Å²) in [6, 6.07) is 13.2. The van der Waals surface area contributed by atoms with Crippen molar-refractivity contribution in [3.63, 3.8) is 0 Å². The Kier molecular flexibility index (Phi) is 3.97. The fraction of sp³-hybridized carbons (Fsp3) is 0.278. The predicted octanol–water partition coefficient (Wildman–Crippen LogP) is 2.23. The fourth-order valence-electron chi connectivity index (χ4n) is 2.81. The number of rotatable bonds is 5. The highest BCUT2D eigenvalue weighted by Gasteiger charge is 2.36. The number of carbonyl (C=O) groups is 1. The first-order chi connectivity index (χ1) is 12.2. The molecule has 7 nitrogen and oxygen atoms in total. The number of aromatic nitrogens is 3. The number of benzene rings is 1. The lowest BCUT2D eigenvalue weighted by molar-refractivity contribution is 0.0582. The zero-order chi connectivity index (χ0) is 17.2. The summed E-state index contributed by atoms with van der Waals surface area (Å²) in [5.41, 5.74) is 0.684. The van der Waals surface area contributed by atoms with Gasteiger partial charge in [-0.2, -0.15) is 4.98 Å². The van der Waals surface area contributed by atoms with Crippen molar-refractivity contribution in [3.8, 4) is 5.75 Å². The van der Waals surface area contributed by atoms with Gasteiger partial charge < -0.3 is 18.7 Å². The summed E-state index contributed by atoms with van der Waals surface area (Å²) in [6.45, 7) is 1.43. The van der Waals surface area contributed by atoms with Gasteiger partial charge in [-0.05, 0) is 24.3 Å². The van der Waals surface area contributed by atoms with Crippen molar-refractivity contribution >= 4 is 5.91 Å². The fourth-order valence-corrected chi connectivity index (χ4v) is 2.81. The minimum absolute atomic E-state index is 0.0277. The van der Waals surface area contributed by atoms with Gasteiger partial charge in [0.25, 0.3) is 11.8 Å². The molecule has 7 heteroatoms. The van der Waals surface area contributed by atoms with Gasteiger partial charge >= 0.3 is 0 Å². The molecule has 1 amide bonds. The van der Waals surface area contributed by atoms with E-state index in [1.54, 1.807) is 4.90 Å². The molecule has 1 fully saturated rings. The molecular formula is C18H18N4O3. The zero-order valence-corrected chi connectivity index (χ0v) is 13.8. The van der Waals surface area contributed by atoms with Crippen LogP contribution in [0.4, 0.5) is 0 Å². The second-order valence-corrected chi connectivity index (χ2v) is 6.06. The lowest BCUT2D eigenvalue weighted by atomic mass is 9.99. The van der Waals surface area contributed by atoms with Gasteiger partial charge in [-0.1, -0.05) is 23.4 Å². The van der Waals surface area contributed by atoms with E-state index in [9.17, 15) is 4.79 Å². The number of aryl methyl sites for hydroxylation is 1. The molecule has 1 saturated heterocycles. The number of hydrogen-bond acceptors (Lipinski definition) is 5. The summed E-state index contributed by atoms with van der Waals surface area (Å²) in [5.74, 6) is 1.96. The van der Waals surface area contributed by atoms with Crippen LogP contribution in [0.25, 0.3) is 0 Å². The lowest BCUT2D eigenvalue weighted by Gasteiger charge is -2.37. The Labute approximate surface area is 144 Å². The molecule has 0 N–H and O–H groups in total. The number of ether oxygens (including phenoxy) is 1. The maximum atomic E-state index is 12.4. The maximum Gasteiger partial charge on any atom is 0.270 e. The normalized spacial score (nSPS) is 14.4. The first-order valence-corrected chi connectivity index (χ1v) is 8.11.